The molecule has 0 radical (unpaired) electrons. The number of aryl methyl sites for hydroxylation is 2. The van der Waals surface area contributed by atoms with E-state index in [4.69, 9.17) is 11.6 Å². The SMILES string of the molecule is Cc1ccc(NC(=O)Cc2nnc(SCC(=O)Nc3cc(Cl)ccc3C)n2C)cc1. The van der Waals surface area contributed by atoms with Crippen molar-refractivity contribution in [2.45, 2.75) is 25.4 Å². The number of nitrogens with one attached hydrogen (secondary N) is 2. The average molecular weight is 444 g/mol. The van der Waals surface area contributed by atoms with Crippen molar-refractivity contribution in [1.82, 2.24) is 14.8 Å². The number of hydrogen-bond acceptors (Lipinski definition) is 5. The molecule has 30 heavy (non-hydrogen) atoms. The van der Waals surface area contributed by atoms with Crippen molar-refractivity contribution in [3.05, 3.63) is 64.4 Å². The number of rotatable bonds is 7. The molecule has 0 unspecified atom stereocenters. The Morgan fingerprint density at radius 3 is 2.50 bits per heavy atom. The molecule has 3 aromatic rings. The Bertz CT molecular complexity index is 1070. The van der Waals surface area contributed by atoms with Crippen LogP contribution in [-0.4, -0.2) is 32.3 Å². The van der Waals surface area contributed by atoms with Crippen LogP contribution in [0.5, 0.6) is 0 Å². The number of nitrogens with zero attached hydrogens (tertiary/aromatic N) is 3. The molecule has 0 atom stereocenters. The van der Waals surface area contributed by atoms with Gasteiger partial charge in [0.25, 0.3) is 0 Å². The Labute approximate surface area is 184 Å². The number of aromatic nitrogens is 3. The topological polar surface area (TPSA) is 88.9 Å². The zero-order valence-corrected chi connectivity index (χ0v) is 18.5. The lowest BCUT2D eigenvalue weighted by molar-refractivity contribution is -0.116. The molecular weight excluding hydrogens is 422 g/mol. The number of carbonyl (C=O) groups is 2. The van der Waals surface area contributed by atoms with E-state index in [1.807, 2.05) is 44.2 Å². The quantitative estimate of drug-likeness (QED) is 0.539. The number of hydrogen-bond donors (Lipinski definition) is 2. The number of amides is 2. The molecule has 0 saturated heterocycles. The standard InChI is InChI=1S/C21H22ClN5O2S/c1-13-4-8-16(9-5-13)23-19(28)11-18-25-26-21(27(18)3)30-12-20(29)24-17-10-15(22)7-6-14(17)2/h4-10H,11-12H2,1-3H3,(H,23,28)(H,24,29). The second-order valence-corrected chi connectivity index (χ2v) is 8.22. The molecule has 3 rings (SSSR count). The Hall–Kier alpha value is -2.84. The highest BCUT2D eigenvalue weighted by Gasteiger charge is 2.15. The van der Waals surface area contributed by atoms with E-state index >= 15 is 0 Å². The minimum atomic E-state index is -0.180. The monoisotopic (exact) mass is 443 g/mol. The summed E-state index contributed by atoms with van der Waals surface area (Å²) in [4.78, 5) is 24.6. The zero-order valence-electron chi connectivity index (χ0n) is 16.9. The third-order valence-electron chi connectivity index (χ3n) is 4.39. The molecular formula is C21H22ClN5O2S. The van der Waals surface area contributed by atoms with Crippen LogP contribution in [-0.2, 0) is 23.1 Å². The third-order valence-corrected chi connectivity index (χ3v) is 5.64. The van der Waals surface area contributed by atoms with E-state index in [1.54, 1.807) is 23.7 Å². The first-order valence-electron chi connectivity index (χ1n) is 9.25. The second-order valence-electron chi connectivity index (χ2n) is 6.84. The summed E-state index contributed by atoms with van der Waals surface area (Å²) in [5, 5.41) is 15.0. The number of anilines is 2. The van der Waals surface area contributed by atoms with Crippen LogP contribution in [0.2, 0.25) is 5.02 Å². The van der Waals surface area contributed by atoms with E-state index in [0.29, 0.717) is 21.7 Å². The van der Waals surface area contributed by atoms with Gasteiger partial charge in [-0.15, -0.1) is 10.2 Å². The lowest BCUT2D eigenvalue weighted by atomic mass is 10.2. The van der Waals surface area contributed by atoms with Gasteiger partial charge in [0, 0.05) is 23.4 Å². The molecule has 2 N–H and O–H groups in total. The van der Waals surface area contributed by atoms with E-state index in [2.05, 4.69) is 20.8 Å². The molecule has 7 nitrogen and oxygen atoms in total. The van der Waals surface area contributed by atoms with E-state index in [0.717, 1.165) is 16.8 Å². The largest absolute Gasteiger partial charge is 0.326 e. The summed E-state index contributed by atoms with van der Waals surface area (Å²) in [5.74, 6) is 0.327. The number of carbonyl (C=O) groups excluding carboxylic acids is 2. The van der Waals surface area contributed by atoms with Crippen molar-refractivity contribution in [2.24, 2.45) is 7.05 Å². The van der Waals surface area contributed by atoms with E-state index < -0.39 is 0 Å². The fourth-order valence-corrected chi connectivity index (χ4v) is 3.56. The van der Waals surface area contributed by atoms with Gasteiger partial charge in [-0.25, -0.2) is 0 Å². The van der Waals surface area contributed by atoms with Gasteiger partial charge in [-0.05, 0) is 43.7 Å². The predicted molar refractivity (Wildman–Crippen MR) is 120 cm³/mol. The maximum Gasteiger partial charge on any atom is 0.234 e. The van der Waals surface area contributed by atoms with E-state index in [9.17, 15) is 9.59 Å². The summed E-state index contributed by atoms with van der Waals surface area (Å²) < 4.78 is 1.72. The second kappa shape index (κ2) is 9.77. The molecule has 9 heteroatoms. The van der Waals surface area contributed by atoms with Gasteiger partial charge in [-0.1, -0.05) is 47.1 Å². The Balaban J connectivity index is 1.54. The highest BCUT2D eigenvalue weighted by atomic mass is 35.5. The van der Waals surface area contributed by atoms with Gasteiger partial charge in [-0.2, -0.15) is 0 Å². The van der Waals surface area contributed by atoms with Crippen LogP contribution in [0.1, 0.15) is 17.0 Å². The van der Waals surface area contributed by atoms with Gasteiger partial charge >= 0.3 is 0 Å². The number of halogens is 1. The number of thioether (sulfide) groups is 1. The fourth-order valence-electron chi connectivity index (χ4n) is 2.66. The highest BCUT2D eigenvalue weighted by molar-refractivity contribution is 7.99. The number of benzene rings is 2. The lowest BCUT2D eigenvalue weighted by Gasteiger charge is -2.09. The lowest BCUT2D eigenvalue weighted by Crippen LogP contribution is -2.17. The van der Waals surface area contributed by atoms with Crippen molar-refractivity contribution < 1.29 is 9.59 Å². The summed E-state index contributed by atoms with van der Waals surface area (Å²) in [6, 6.07) is 12.9. The molecule has 0 bridgehead atoms. The first kappa shape index (κ1) is 21.9. The van der Waals surface area contributed by atoms with Crippen LogP contribution >= 0.6 is 23.4 Å². The van der Waals surface area contributed by atoms with Crippen molar-refractivity contribution >= 4 is 46.6 Å². The van der Waals surface area contributed by atoms with Crippen LogP contribution in [0.4, 0.5) is 11.4 Å². The van der Waals surface area contributed by atoms with Gasteiger partial charge in [0.15, 0.2) is 5.16 Å². The molecule has 0 spiro atoms. The Kier molecular flexibility index (Phi) is 7.12. The maximum absolute atomic E-state index is 12.3. The zero-order chi connectivity index (χ0) is 21.7. The Morgan fingerprint density at radius 2 is 1.77 bits per heavy atom. The molecule has 1 aromatic heterocycles. The molecule has 1 heterocycles. The summed E-state index contributed by atoms with van der Waals surface area (Å²) >= 11 is 7.24. The maximum atomic E-state index is 12.3. The van der Waals surface area contributed by atoms with Crippen molar-refractivity contribution in [1.29, 1.82) is 0 Å². The molecule has 0 aliphatic rings. The molecule has 0 aliphatic heterocycles. The van der Waals surface area contributed by atoms with Gasteiger partial charge in [0.2, 0.25) is 11.8 Å². The van der Waals surface area contributed by atoms with E-state index in [1.165, 1.54) is 11.8 Å². The van der Waals surface area contributed by atoms with Crippen LogP contribution in [0.15, 0.2) is 47.6 Å². The minimum Gasteiger partial charge on any atom is -0.326 e. The molecule has 2 aromatic carbocycles. The first-order valence-corrected chi connectivity index (χ1v) is 10.6. The summed E-state index contributed by atoms with van der Waals surface area (Å²) in [7, 11) is 1.77. The van der Waals surface area contributed by atoms with E-state index in [-0.39, 0.29) is 24.0 Å². The first-order chi connectivity index (χ1) is 14.3. The van der Waals surface area contributed by atoms with Crippen molar-refractivity contribution in [3.8, 4) is 0 Å². The Morgan fingerprint density at radius 1 is 1.03 bits per heavy atom. The average Bonchev–Trinajstić information content (AvgIpc) is 3.04. The summed E-state index contributed by atoms with van der Waals surface area (Å²) in [5.41, 5.74) is 3.46. The normalized spacial score (nSPS) is 10.7. The van der Waals surface area contributed by atoms with Crippen molar-refractivity contribution in [2.75, 3.05) is 16.4 Å². The molecule has 2 amide bonds. The third kappa shape index (κ3) is 5.84. The van der Waals surface area contributed by atoms with Crippen LogP contribution in [0.25, 0.3) is 0 Å². The van der Waals surface area contributed by atoms with Crippen LogP contribution in [0, 0.1) is 13.8 Å². The predicted octanol–water partition coefficient (Wildman–Crippen LogP) is 4.00. The van der Waals surface area contributed by atoms with Gasteiger partial charge in [-0.3, -0.25) is 9.59 Å². The van der Waals surface area contributed by atoms with Crippen LogP contribution in [0.3, 0.4) is 0 Å². The minimum absolute atomic E-state index is 0.0891. The highest BCUT2D eigenvalue weighted by Crippen LogP contribution is 2.21. The molecule has 0 fully saturated rings. The van der Waals surface area contributed by atoms with Crippen molar-refractivity contribution in [3.63, 3.8) is 0 Å². The van der Waals surface area contributed by atoms with Gasteiger partial charge in [0.05, 0.1) is 12.2 Å². The van der Waals surface area contributed by atoms with Crippen LogP contribution < -0.4 is 10.6 Å². The van der Waals surface area contributed by atoms with Gasteiger partial charge in [0.1, 0.15) is 5.82 Å². The summed E-state index contributed by atoms with van der Waals surface area (Å²) in [6.45, 7) is 3.89. The summed E-state index contributed by atoms with van der Waals surface area (Å²) in [6.07, 6.45) is 0.0891. The fraction of sp³-hybridized carbons (Fsp3) is 0.238. The molecule has 0 aliphatic carbocycles. The van der Waals surface area contributed by atoms with Gasteiger partial charge < -0.3 is 15.2 Å². The smallest absolute Gasteiger partial charge is 0.234 e. The molecule has 0 saturated carbocycles. The molecule has 156 valence electrons.